The largest absolute Gasteiger partial charge is 0.381 e. The molecular formula is C15H21N3O2. The lowest BCUT2D eigenvalue weighted by Gasteiger charge is -2.20. The summed E-state index contributed by atoms with van der Waals surface area (Å²) in [6.07, 6.45) is 3.75. The number of benzene rings is 1. The van der Waals surface area contributed by atoms with Gasteiger partial charge in [0.25, 0.3) is 0 Å². The molecule has 1 heterocycles. The first-order valence-electron chi connectivity index (χ1n) is 7.16. The van der Waals surface area contributed by atoms with Crippen molar-refractivity contribution in [3.8, 4) is 0 Å². The topological polar surface area (TPSA) is 69.9 Å². The minimum absolute atomic E-state index is 0.156. The Hall–Kier alpha value is -1.59. The van der Waals surface area contributed by atoms with Gasteiger partial charge in [0, 0.05) is 19.2 Å². The van der Waals surface area contributed by atoms with Crippen LogP contribution < -0.4 is 11.0 Å². The van der Waals surface area contributed by atoms with Crippen LogP contribution in [0.15, 0.2) is 23.0 Å². The second kappa shape index (κ2) is 5.42. The summed E-state index contributed by atoms with van der Waals surface area (Å²) in [5.41, 5.74) is 2.75. The minimum atomic E-state index is -0.156. The van der Waals surface area contributed by atoms with Gasteiger partial charge in [0.1, 0.15) is 0 Å². The van der Waals surface area contributed by atoms with Crippen molar-refractivity contribution in [3.63, 3.8) is 0 Å². The van der Waals surface area contributed by atoms with Gasteiger partial charge in [-0.15, -0.1) is 0 Å². The summed E-state index contributed by atoms with van der Waals surface area (Å²) < 4.78 is 5.41. The molecule has 108 valence electrons. The van der Waals surface area contributed by atoms with Gasteiger partial charge in [-0.25, -0.2) is 4.79 Å². The van der Waals surface area contributed by atoms with Crippen molar-refractivity contribution in [2.75, 3.05) is 7.11 Å². The molecule has 5 nitrogen and oxygen atoms in total. The van der Waals surface area contributed by atoms with Crippen molar-refractivity contribution in [2.24, 2.45) is 0 Å². The van der Waals surface area contributed by atoms with Crippen LogP contribution in [0, 0.1) is 0 Å². The molecule has 0 aliphatic heterocycles. The van der Waals surface area contributed by atoms with Gasteiger partial charge in [-0.3, -0.25) is 0 Å². The molecule has 1 aromatic heterocycles. The lowest BCUT2D eigenvalue weighted by molar-refractivity contribution is 0.106. The van der Waals surface area contributed by atoms with Crippen LogP contribution in [0.25, 0.3) is 11.0 Å². The predicted molar refractivity (Wildman–Crippen MR) is 78.9 cm³/mol. The number of ether oxygens (including phenoxy) is 1. The van der Waals surface area contributed by atoms with Crippen molar-refractivity contribution >= 4 is 11.0 Å². The van der Waals surface area contributed by atoms with E-state index in [2.05, 4.69) is 28.3 Å². The molecule has 1 fully saturated rings. The van der Waals surface area contributed by atoms with Crippen LogP contribution in [-0.4, -0.2) is 29.2 Å². The SMILES string of the molecule is COC1CCC(NC(C)c2ccc3[nH]c(=O)[nH]c3c2)C1. The van der Waals surface area contributed by atoms with Crippen LogP contribution in [-0.2, 0) is 4.74 Å². The average Bonchev–Trinajstić information content (AvgIpc) is 3.02. The number of methoxy groups -OCH3 is 1. The fourth-order valence-corrected chi connectivity index (χ4v) is 3.07. The zero-order chi connectivity index (χ0) is 14.1. The van der Waals surface area contributed by atoms with E-state index in [-0.39, 0.29) is 11.7 Å². The van der Waals surface area contributed by atoms with Gasteiger partial charge in [0.05, 0.1) is 17.1 Å². The third kappa shape index (κ3) is 2.64. The maximum Gasteiger partial charge on any atom is 0.323 e. The third-order valence-electron chi connectivity index (χ3n) is 4.24. The van der Waals surface area contributed by atoms with Gasteiger partial charge in [0.15, 0.2) is 0 Å². The number of rotatable bonds is 4. The molecule has 2 aromatic rings. The molecule has 0 saturated heterocycles. The van der Waals surface area contributed by atoms with Crippen molar-refractivity contribution in [1.82, 2.24) is 15.3 Å². The lowest BCUT2D eigenvalue weighted by atomic mass is 10.1. The lowest BCUT2D eigenvalue weighted by Crippen LogP contribution is -2.29. The normalized spacial score (nSPS) is 24.3. The molecule has 5 heteroatoms. The van der Waals surface area contributed by atoms with Crippen LogP contribution in [0.1, 0.15) is 37.8 Å². The third-order valence-corrected chi connectivity index (χ3v) is 4.24. The molecule has 0 spiro atoms. The standard InChI is InChI=1S/C15H21N3O2/c1-9(16-11-4-5-12(8-11)20-2)10-3-6-13-14(7-10)18-15(19)17-13/h3,6-7,9,11-12,16H,4-5,8H2,1-2H3,(H2,17,18,19). The molecule has 20 heavy (non-hydrogen) atoms. The van der Waals surface area contributed by atoms with E-state index < -0.39 is 0 Å². The van der Waals surface area contributed by atoms with Gasteiger partial charge in [-0.05, 0) is 43.9 Å². The molecule has 1 aliphatic rings. The molecule has 0 bridgehead atoms. The van der Waals surface area contributed by atoms with Gasteiger partial charge in [-0.1, -0.05) is 6.07 Å². The minimum Gasteiger partial charge on any atom is -0.381 e. The van der Waals surface area contributed by atoms with E-state index >= 15 is 0 Å². The smallest absolute Gasteiger partial charge is 0.323 e. The summed E-state index contributed by atoms with van der Waals surface area (Å²) in [5.74, 6) is 0. The zero-order valence-corrected chi connectivity index (χ0v) is 11.9. The van der Waals surface area contributed by atoms with E-state index in [0.717, 1.165) is 30.3 Å². The maximum absolute atomic E-state index is 11.3. The molecule has 3 N–H and O–H groups in total. The zero-order valence-electron chi connectivity index (χ0n) is 11.9. The number of hydrogen-bond donors (Lipinski definition) is 3. The summed E-state index contributed by atoms with van der Waals surface area (Å²) in [5, 5.41) is 3.65. The summed E-state index contributed by atoms with van der Waals surface area (Å²) in [6, 6.07) is 6.82. The van der Waals surface area contributed by atoms with Crippen molar-refractivity contribution < 1.29 is 4.74 Å². The van der Waals surface area contributed by atoms with E-state index in [1.54, 1.807) is 7.11 Å². The highest BCUT2D eigenvalue weighted by Crippen LogP contribution is 2.25. The van der Waals surface area contributed by atoms with Crippen molar-refractivity contribution in [2.45, 2.75) is 44.4 Å². The molecule has 0 radical (unpaired) electrons. The van der Waals surface area contributed by atoms with Gasteiger partial charge >= 0.3 is 5.69 Å². The van der Waals surface area contributed by atoms with E-state index in [9.17, 15) is 4.79 Å². The number of hydrogen-bond acceptors (Lipinski definition) is 3. The van der Waals surface area contributed by atoms with E-state index in [1.165, 1.54) is 5.56 Å². The molecule has 3 unspecified atom stereocenters. The second-order valence-corrected chi connectivity index (χ2v) is 5.64. The molecule has 0 amide bonds. The fourth-order valence-electron chi connectivity index (χ4n) is 3.07. The molecule has 1 aliphatic carbocycles. The Balaban J connectivity index is 1.72. The number of aromatic nitrogens is 2. The number of H-pyrrole nitrogens is 2. The van der Waals surface area contributed by atoms with Crippen molar-refractivity contribution in [1.29, 1.82) is 0 Å². The van der Waals surface area contributed by atoms with Gasteiger partial charge in [-0.2, -0.15) is 0 Å². The molecule has 3 rings (SSSR count). The molecule has 3 atom stereocenters. The Labute approximate surface area is 117 Å². The highest BCUT2D eigenvalue weighted by atomic mass is 16.5. The van der Waals surface area contributed by atoms with E-state index in [0.29, 0.717) is 12.1 Å². The van der Waals surface area contributed by atoms with Gasteiger partial charge in [0.2, 0.25) is 0 Å². The number of fused-ring (bicyclic) bond motifs is 1. The van der Waals surface area contributed by atoms with Crippen LogP contribution in [0.5, 0.6) is 0 Å². The van der Waals surface area contributed by atoms with Gasteiger partial charge < -0.3 is 20.0 Å². The molecule has 1 saturated carbocycles. The summed E-state index contributed by atoms with van der Waals surface area (Å²) in [4.78, 5) is 16.8. The second-order valence-electron chi connectivity index (χ2n) is 5.64. The fraction of sp³-hybridized carbons (Fsp3) is 0.533. The molecule has 1 aromatic carbocycles. The van der Waals surface area contributed by atoms with Crippen LogP contribution in [0.3, 0.4) is 0 Å². The highest BCUT2D eigenvalue weighted by Gasteiger charge is 2.25. The van der Waals surface area contributed by atoms with E-state index in [4.69, 9.17) is 4.74 Å². The van der Waals surface area contributed by atoms with Crippen LogP contribution in [0.2, 0.25) is 0 Å². The monoisotopic (exact) mass is 275 g/mol. The Morgan fingerprint density at radius 3 is 2.85 bits per heavy atom. The van der Waals surface area contributed by atoms with Crippen LogP contribution in [0.4, 0.5) is 0 Å². The highest BCUT2D eigenvalue weighted by molar-refractivity contribution is 5.75. The average molecular weight is 275 g/mol. The quantitative estimate of drug-likeness (QED) is 0.800. The first kappa shape index (κ1) is 13.4. The summed E-state index contributed by atoms with van der Waals surface area (Å²) >= 11 is 0. The Kier molecular flexibility index (Phi) is 3.63. The number of imidazole rings is 1. The van der Waals surface area contributed by atoms with Crippen molar-refractivity contribution in [3.05, 3.63) is 34.2 Å². The Bertz CT molecular complexity index is 646. The Morgan fingerprint density at radius 2 is 2.10 bits per heavy atom. The number of nitrogens with one attached hydrogen (secondary N) is 3. The maximum atomic E-state index is 11.3. The Morgan fingerprint density at radius 1 is 1.30 bits per heavy atom. The van der Waals surface area contributed by atoms with Crippen LogP contribution >= 0.6 is 0 Å². The first-order valence-corrected chi connectivity index (χ1v) is 7.16. The predicted octanol–water partition coefficient (Wildman–Crippen LogP) is 2.07. The summed E-state index contributed by atoms with van der Waals surface area (Å²) in [6.45, 7) is 2.16. The summed E-state index contributed by atoms with van der Waals surface area (Å²) in [7, 11) is 1.78. The number of aromatic amines is 2. The first-order chi connectivity index (χ1) is 9.65. The van der Waals surface area contributed by atoms with E-state index in [1.807, 2.05) is 12.1 Å². The molecular weight excluding hydrogens is 254 g/mol.